The van der Waals surface area contributed by atoms with E-state index in [4.69, 9.17) is 32.7 Å². The van der Waals surface area contributed by atoms with Crippen LogP contribution in [0.15, 0.2) is 109 Å². The number of ether oxygens (including phenoxy) is 2. The van der Waals surface area contributed by atoms with Crippen molar-refractivity contribution in [1.82, 2.24) is 0 Å². The van der Waals surface area contributed by atoms with E-state index in [1.807, 2.05) is 12.1 Å². The van der Waals surface area contributed by atoms with Crippen LogP contribution in [-0.4, -0.2) is 14.2 Å². The third kappa shape index (κ3) is 6.99. The van der Waals surface area contributed by atoms with E-state index in [0.29, 0.717) is 10.0 Å². The van der Waals surface area contributed by atoms with E-state index < -0.39 is 0 Å². The van der Waals surface area contributed by atoms with Crippen LogP contribution in [0.2, 0.25) is 10.0 Å². The van der Waals surface area contributed by atoms with E-state index in [0.717, 1.165) is 98.4 Å². The summed E-state index contributed by atoms with van der Waals surface area (Å²) in [5.41, 5.74) is 8.97. The van der Waals surface area contributed by atoms with E-state index >= 15 is 0 Å². The predicted octanol–water partition coefficient (Wildman–Crippen LogP) is 18.5. The standard InChI is InChI=1S/C60H60Cl2O2/c1-57(2,3)33-21-25-37-43(29-33)55(63-13)44-30-34(58(4,5)6)22-26-38(44)49(37)53-41-17-15-20-48(62)52(41)54(42-18-16-19-47(61)51(42)53)50-39-27-23-35(59(7,8)9)31-45(39)56(64-14)46-32-36(60(10,11)12)24-28-40(46)50/h15-32H,1-14H3. The SMILES string of the molecule is COc1c2cc(C(C)(C)C)ccc2c(-c2c3cccc(Cl)c3c(-c3c4ccc(C(C)(C)C)cc4c(OC)c4cc(C(C)(C)C)ccc34)c3cccc(Cl)c23)c2ccc(C(C)(C)C)cc12. The Morgan fingerprint density at radius 2 is 0.578 bits per heavy atom. The quantitative estimate of drug-likeness (QED) is 0.164. The summed E-state index contributed by atoms with van der Waals surface area (Å²) in [4.78, 5) is 0. The van der Waals surface area contributed by atoms with Crippen molar-refractivity contribution in [3.63, 3.8) is 0 Å². The molecule has 0 N–H and O–H groups in total. The van der Waals surface area contributed by atoms with Crippen molar-refractivity contribution in [2.24, 2.45) is 0 Å². The number of hydrogen-bond donors (Lipinski definition) is 0. The highest BCUT2D eigenvalue weighted by Gasteiger charge is 2.30. The van der Waals surface area contributed by atoms with Crippen molar-refractivity contribution >= 4 is 87.8 Å². The number of hydrogen-bond acceptors (Lipinski definition) is 2. The molecule has 0 spiro atoms. The molecule has 9 aromatic carbocycles. The van der Waals surface area contributed by atoms with Crippen LogP contribution in [0.1, 0.15) is 105 Å². The van der Waals surface area contributed by atoms with E-state index in [-0.39, 0.29) is 21.7 Å². The fraction of sp³-hybridized carbons (Fsp3) is 0.300. The largest absolute Gasteiger partial charge is 0.495 e. The number of benzene rings is 9. The zero-order valence-electron chi connectivity index (χ0n) is 40.0. The summed E-state index contributed by atoms with van der Waals surface area (Å²) in [6.07, 6.45) is 0. The molecule has 0 amide bonds. The second-order valence-electron chi connectivity index (χ2n) is 21.9. The van der Waals surface area contributed by atoms with Gasteiger partial charge in [-0.25, -0.2) is 0 Å². The molecule has 0 aromatic heterocycles. The van der Waals surface area contributed by atoms with E-state index in [1.54, 1.807) is 14.2 Å². The van der Waals surface area contributed by atoms with E-state index in [2.05, 4.69) is 180 Å². The molecule has 0 aliphatic heterocycles. The van der Waals surface area contributed by atoms with Gasteiger partial charge in [-0.2, -0.15) is 0 Å². The van der Waals surface area contributed by atoms with Crippen molar-refractivity contribution in [1.29, 1.82) is 0 Å². The molecule has 9 aromatic rings. The van der Waals surface area contributed by atoms with Gasteiger partial charge in [0.1, 0.15) is 11.5 Å². The minimum absolute atomic E-state index is 0.0787. The van der Waals surface area contributed by atoms with Gasteiger partial charge < -0.3 is 9.47 Å². The Morgan fingerprint density at radius 1 is 0.312 bits per heavy atom. The van der Waals surface area contributed by atoms with E-state index in [1.165, 1.54) is 22.3 Å². The molecule has 0 aliphatic rings. The van der Waals surface area contributed by atoms with Gasteiger partial charge in [0, 0.05) is 53.5 Å². The second-order valence-corrected chi connectivity index (χ2v) is 22.7. The highest BCUT2D eigenvalue weighted by molar-refractivity contribution is 6.44. The van der Waals surface area contributed by atoms with Crippen molar-refractivity contribution in [2.45, 2.75) is 105 Å². The summed E-state index contributed by atoms with van der Waals surface area (Å²) in [6, 6.07) is 40.3. The minimum atomic E-state index is -0.0787. The maximum Gasteiger partial charge on any atom is 0.134 e. The number of fused-ring (bicyclic) bond motifs is 6. The first-order chi connectivity index (χ1) is 30.0. The fourth-order valence-corrected chi connectivity index (χ4v) is 10.5. The van der Waals surface area contributed by atoms with Gasteiger partial charge in [-0.05, 0) is 124 Å². The summed E-state index contributed by atoms with van der Waals surface area (Å²) in [6.45, 7) is 27.2. The van der Waals surface area contributed by atoms with Crippen molar-refractivity contribution in [3.05, 3.63) is 141 Å². The van der Waals surface area contributed by atoms with Crippen LogP contribution in [0.4, 0.5) is 0 Å². The van der Waals surface area contributed by atoms with Crippen LogP contribution in [0.25, 0.3) is 86.9 Å². The Kier molecular flexibility index (Phi) is 10.4. The molecule has 0 atom stereocenters. The minimum Gasteiger partial charge on any atom is -0.495 e. The topological polar surface area (TPSA) is 18.5 Å². The average molecular weight is 884 g/mol. The molecule has 0 bridgehead atoms. The summed E-state index contributed by atoms with van der Waals surface area (Å²) in [5.74, 6) is 1.75. The van der Waals surface area contributed by atoms with Crippen LogP contribution >= 0.6 is 23.2 Å². The van der Waals surface area contributed by atoms with Gasteiger partial charge in [0.25, 0.3) is 0 Å². The Labute approximate surface area is 389 Å². The Balaban J connectivity index is 1.55. The normalized spacial score (nSPS) is 13.0. The van der Waals surface area contributed by atoms with Gasteiger partial charge >= 0.3 is 0 Å². The monoisotopic (exact) mass is 882 g/mol. The molecule has 64 heavy (non-hydrogen) atoms. The van der Waals surface area contributed by atoms with Crippen molar-refractivity contribution in [2.75, 3.05) is 14.2 Å². The Hall–Kier alpha value is -5.28. The summed E-state index contributed by atoms with van der Waals surface area (Å²) in [7, 11) is 3.60. The van der Waals surface area contributed by atoms with Crippen molar-refractivity contribution in [3.8, 4) is 33.8 Å². The van der Waals surface area contributed by atoms with Crippen LogP contribution in [-0.2, 0) is 21.7 Å². The molecular weight excluding hydrogens is 824 g/mol. The lowest BCUT2D eigenvalue weighted by molar-refractivity contribution is 0.424. The first-order valence-electron chi connectivity index (χ1n) is 22.5. The molecule has 0 aliphatic carbocycles. The second kappa shape index (κ2) is 15.1. The molecule has 4 heteroatoms. The molecule has 0 saturated heterocycles. The van der Waals surface area contributed by atoms with E-state index in [9.17, 15) is 0 Å². The zero-order chi connectivity index (χ0) is 46.0. The lowest BCUT2D eigenvalue weighted by Crippen LogP contribution is -2.11. The maximum absolute atomic E-state index is 7.69. The predicted molar refractivity (Wildman–Crippen MR) is 280 cm³/mol. The summed E-state index contributed by atoms with van der Waals surface area (Å²) < 4.78 is 12.9. The molecule has 0 fully saturated rings. The molecule has 0 saturated carbocycles. The summed E-state index contributed by atoms with van der Waals surface area (Å²) >= 11 is 15.4. The van der Waals surface area contributed by atoms with Gasteiger partial charge in [-0.1, -0.05) is 179 Å². The van der Waals surface area contributed by atoms with Crippen LogP contribution in [0, 0.1) is 0 Å². The van der Waals surface area contributed by atoms with Gasteiger partial charge in [-0.3, -0.25) is 0 Å². The van der Waals surface area contributed by atoms with Crippen molar-refractivity contribution < 1.29 is 9.47 Å². The molecule has 0 heterocycles. The van der Waals surface area contributed by atoms with Crippen LogP contribution in [0.3, 0.4) is 0 Å². The Morgan fingerprint density at radius 3 is 0.812 bits per heavy atom. The lowest BCUT2D eigenvalue weighted by atomic mass is 9.78. The molecule has 326 valence electrons. The highest BCUT2D eigenvalue weighted by atomic mass is 35.5. The van der Waals surface area contributed by atoms with Crippen LogP contribution in [0.5, 0.6) is 11.5 Å². The fourth-order valence-electron chi connectivity index (χ4n) is 9.99. The van der Waals surface area contributed by atoms with Gasteiger partial charge in [-0.15, -0.1) is 0 Å². The molecule has 0 unspecified atom stereocenters. The number of halogens is 2. The molecule has 2 nitrogen and oxygen atoms in total. The van der Waals surface area contributed by atoms with Gasteiger partial charge in [0.2, 0.25) is 0 Å². The number of methoxy groups -OCH3 is 2. The third-order valence-electron chi connectivity index (χ3n) is 13.6. The third-order valence-corrected chi connectivity index (χ3v) is 14.2. The average Bonchev–Trinajstić information content (AvgIpc) is 3.22. The van der Waals surface area contributed by atoms with Gasteiger partial charge in [0.15, 0.2) is 0 Å². The summed E-state index contributed by atoms with van der Waals surface area (Å²) in [5, 5.41) is 14.1. The molecule has 0 radical (unpaired) electrons. The first-order valence-corrected chi connectivity index (χ1v) is 23.3. The van der Waals surface area contributed by atoms with Gasteiger partial charge in [0.05, 0.1) is 14.2 Å². The highest BCUT2D eigenvalue weighted by Crippen LogP contribution is 2.56. The Bertz CT molecular complexity index is 3020. The maximum atomic E-state index is 7.69. The zero-order valence-corrected chi connectivity index (χ0v) is 41.5. The smallest absolute Gasteiger partial charge is 0.134 e. The molecule has 9 rings (SSSR count). The molecular formula is C60H60Cl2O2. The first kappa shape index (κ1) is 43.9. The lowest BCUT2D eigenvalue weighted by Gasteiger charge is -2.27. The van der Waals surface area contributed by atoms with Crippen LogP contribution < -0.4 is 9.47 Å². The number of rotatable bonds is 4.